The highest BCUT2D eigenvalue weighted by Crippen LogP contribution is 2.33. The number of hydrogen-bond acceptors (Lipinski definition) is 5. The van der Waals surface area contributed by atoms with Crippen molar-refractivity contribution in [3.05, 3.63) is 55.8 Å². The largest absolute Gasteiger partial charge is 0.361 e. The molecular weight excluding hydrogens is 276 g/mol. The minimum Gasteiger partial charge on any atom is -0.361 e. The van der Waals surface area contributed by atoms with Crippen LogP contribution >= 0.6 is 11.3 Å². The maximum atomic E-state index is 11.2. The van der Waals surface area contributed by atoms with Crippen LogP contribution in [-0.4, -0.2) is 17.8 Å². The predicted molar refractivity (Wildman–Crippen MR) is 77.6 cm³/mol. The van der Waals surface area contributed by atoms with E-state index in [9.17, 15) is 14.9 Å². The summed E-state index contributed by atoms with van der Waals surface area (Å²) in [5, 5.41) is 13.2. The molecule has 0 N–H and O–H groups in total. The monoisotopic (exact) mass is 288 g/mol. The Morgan fingerprint density at radius 1 is 1.35 bits per heavy atom. The van der Waals surface area contributed by atoms with E-state index < -0.39 is 4.92 Å². The van der Waals surface area contributed by atoms with Crippen molar-refractivity contribution < 1.29 is 9.72 Å². The van der Waals surface area contributed by atoms with Crippen molar-refractivity contribution in [1.29, 1.82) is 0 Å². The van der Waals surface area contributed by atoms with Crippen LogP contribution in [0.25, 0.3) is 0 Å². The first kappa shape index (κ1) is 12.8. The van der Waals surface area contributed by atoms with E-state index in [0.29, 0.717) is 24.1 Å². The Hall–Kier alpha value is -2.21. The zero-order valence-corrected chi connectivity index (χ0v) is 11.4. The summed E-state index contributed by atoms with van der Waals surface area (Å²) in [7, 11) is 0. The molecule has 0 amide bonds. The highest BCUT2D eigenvalue weighted by atomic mass is 32.1. The standard InChI is InChI=1S/C14H12N2O3S/c17-9-10-1-2-12(13(7-10)16(18)19)15-5-3-14-11(8-15)4-6-20-14/h1-2,4,6-7,9H,3,5,8H2. The van der Waals surface area contributed by atoms with E-state index in [1.807, 2.05) is 4.90 Å². The molecule has 1 aliphatic rings. The summed E-state index contributed by atoms with van der Waals surface area (Å²) in [4.78, 5) is 24.9. The number of rotatable bonds is 3. The van der Waals surface area contributed by atoms with Crippen LogP contribution in [0.3, 0.4) is 0 Å². The van der Waals surface area contributed by atoms with Gasteiger partial charge in [-0.05, 0) is 35.6 Å². The number of nitro benzene ring substituents is 1. The van der Waals surface area contributed by atoms with Crippen LogP contribution < -0.4 is 4.90 Å². The lowest BCUT2D eigenvalue weighted by Crippen LogP contribution is -2.29. The van der Waals surface area contributed by atoms with E-state index in [0.717, 1.165) is 13.0 Å². The van der Waals surface area contributed by atoms with Crippen LogP contribution in [-0.2, 0) is 13.0 Å². The molecule has 1 aromatic heterocycles. The second kappa shape index (κ2) is 5.05. The van der Waals surface area contributed by atoms with Gasteiger partial charge in [-0.25, -0.2) is 0 Å². The number of aldehydes is 1. The maximum absolute atomic E-state index is 11.2. The van der Waals surface area contributed by atoms with E-state index in [2.05, 4.69) is 11.4 Å². The Kier molecular flexibility index (Phi) is 3.23. The zero-order chi connectivity index (χ0) is 14.1. The van der Waals surface area contributed by atoms with Gasteiger partial charge < -0.3 is 4.90 Å². The molecule has 1 aliphatic heterocycles. The lowest BCUT2D eigenvalue weighted by Gasteiger charge is -2.28. The molecule has 0 bridgehead atoms. The SMILES string of the molecule is O=Cc1ccc(N2CCc3sccc3C2)c([N+](=O)[O-])c1. The summed E-state index contributed by atoms with van der Waals surface area (Å²) in [6.07, 6.45) is 1.53. The van der Waals surface area contributed by atoms with Gasteiger partial charge in [0.15, 0.2) is 0 Å². The number of anilines is 1. The van der Waals surface area contributed by atoms with Gasteiger partial charge in [-0.1, -0.05) is 0 Å². The van der Waals surface area contributed by atoms with Crippen LogP contribution in [0.5, 0.6) is 0 Å². The van der Waals surface area contributed by atoms with Crippen LogP contribution in [0, 0.1) is 10.1 Å². The van der Waals surface area contributed by atoms with Crippen LogP contribution in [0.4, 0.5) is 11.4 Å². The van der Waals surface area contributed by atoms with Gasteiger partial charge in [0.05, 0.1) is 4.92 Å². The third kappa shape index (κ3) is 2.18. The summed E-state index contributed by atoms with van der Waals surface area (Å²) in [6, 6.07) is 6.70. The van der Waals surface area contributed by atoms with Crippen molar-refractivity contribution in [1.82, 2.24) is 0 Å². The first-order chi connectivity index (χ1) is 9.69. The quantitative estimate of drug-likeness (QED) is 0.495. The molecular formula is C14H12N2O3S. The molecule has 0 fully saturated rings. The normalized spacial score (nSPS) is 13.9. The van der Waals surface area contributed by atoms with Crippen molar-refractivity contribution in [2.24, 2.45) is 0 Å². The first-order valence-electron chi connectivity index (χ1n) is 6.23. The van der Waals surface area contributed by atoms with E-state index in [1.54, 1.807) is 23.5 Å². The minimum absolute atomic E-state index is 0.00622. The van der Waals surface area contributed by atoms with E-state index in [4.69, 9.17) is 0 Å². The fourth-order valence-corrected chi connectivity index (χ4v) is 3.37. The van der Waals surface area contributed by atoms with Gasteiger partial charge >= 0.3 is 0 Å². The fourth-order valence-electron chi connectivity index (χ4n) is 2.48. The molecule has 5 nitrogen and oxygen atoms in total. The van der Waals surface area contributed by atoms with Gasteiger partial charge in [-0.15, -0.1) is 11.3 Å². The average Bonchev–Trinajstić information content (AvgIpc) is 2.93. The molecule has 0 atom stereocenters. The molecule has 0 saturated carbocycles. The molecule has 1 aromatic carbocycles. The summed E-state index contributed by atoms with van der Waals surface area (Å²) >= 11 is 1.73. The number of hydrogen-bond donors (Lipinski definition) is 0. The van der Waals surface area contributed by atoms with Gasteiger partial charge in [0.2, 0.25) is 0 Å². The van der Waals surface area contributed by atoms with Crippen LogP contribution in [0.15, 0.2) is 29.6 Å². The average molecular weight is 288 g/mol. The fraction of sp³-hybridized carbons (Fsp3) is 0.214. The van der Waals surface area contributed by atoms with E-state index in [-0.39, 0.29) is 5.69 Å². The van der Waals surface area contributed by atoms with Crippen LogP contribution in [0.2, 0.25) is 0 Å². The van der Waals surface area contributed by atoms with Crippen molar-refractivity contribution >= 4 is 29.0 Å². The highest BCUT2D eigenvalue weighted by molar-refractivity contribution is 7.10. The third-order valence-corrected chi connectivity index (χ3v) is 4.50. The Bertz CT molecular complexity index is 681. The Balaban J connectivity index is 1.98. The summed E-state index contributed by atoms with van der Waals surface area (Å²) in [6.45, 7) is 1.44. The molecule has 0 unspecified atom stereocenters. The lowest BCUT2D eigenvalue weighted by molar-refractivity contribution is -0.384. The summed E-state index contributed by atoms with van der Waals surface area (Å²) < 4.78 is 0. The van der Waals surface area contributed by atoms with Crippen molar-refractivity contribution in [3.63, 3.8) is 0 Å². The second-order valence-electron chi connectivity index (χ2n) is 4.66. The minimum atomic E-state index is -0.425. The molecule has 3 rings (SSSR count). The second-order valence-corrected chi connectivity index (χ2v) is 5.66. The maximum Gasteiger partial charge on any atom is 0.293 e. The molecule has 0 saturated heterocycles. The molecule has 0 radical (unpaired) electrons. The number of nitro groups is 1. The van der Waals surface area contributed by atoms with E-state index >= 15 is 0 Å². The Labute approximate surface area is 119 Å². The number of nitrogens with zero attached hydrogens (tertiary/aromatic N) is 2. The van der Waals surface area contributed by atoms with Crippen molar-refractivity contribution in [2.75, 3.05) is 11.4 Å². The molecule has 2 aromatic rings. The third-order valence-electron chi connectivity index (χ3n) is 3.48. The van der Waals surface area contributed by atoms with Crippen molar-refractivity contribution in [2.45, 2.75) is 13.0 Å². The van der Waals surface area contributed by atoms with Gasteiger partial charge in [0.25, 0.3) is 5.69 Å². The van der Waals surface area contributed by atoms with Gasteiger partial charge in [-0.3, -0.25) is 14.9 Å². The van der Waals surface area contributed by atoms with Gasteiger partial charge in [0.1, 0.15) is 12.0 Å². The predicted octanol–water partition coefficient (Wildman–Crippen LogP) is 3.03. The first-order valence-corrected chi connectivity index (χ1v) is 7.11. The van der Waals surface area contributed by atoms with Crippen LogP contribution in [0.1, 0.15) is 20.8 Å². The number of fused-ring (bicyclic) bond motifs is 1. The van der Waals surface area contributed by atoms with Crippen molar-refractivity contribution in [3.8, 4) is 0 Å². The molecule has 0 spiro atoms. The summed E-state index contributed by atoms with van der Waals surface area (Å²) in [5.41, 5.74) is 2.13. The smallest absolute Gasteiger partial charge is 0.293 e. The molecule has 102 valence electrons. The Morgan fingerprint density at radius 2 is 2.20 bits per heavy atom. The number of benzene rings is 1. The molecule has 20 heavy (non-hydrogen) atoms. The topological polar surface area (TPSA) is 63.5 Å². The Morgan fingerprint density at radius 3 is 2.95 bits per heavy atom. The molecule has 6 heteroatoms. The summed E-state index contributed by atoms with van der Waals surface area (Å²) in [5.74, 6) is 0. The molecule has 0 aliphatic carbocycles. The highest BCUT2D eigenvalue weighted by Gasteiger charge is 2.24. The van der Waals surface area contributed by atoms with Gasteiger partial charge in [0, 0.05) is 29.6 Å². The van der Waals surface area contributed by atoms with Gasteiger partial charge in [-0.2, -0.15) is 0 Å². The number of thiophene rings is 1. The zero-order valence-electron chi connectivity index (χ0n) is 10.6. The lowest BCUT2D eigenvalue weighted by atomic mass is 10.1. The molecule has 2 heterocycles. The number of carbonyl (C=O) groups excluding carboxylic acids is 1. The number of carbonyl (C=O) groups is 1. The van der Waals surface area contributed by atoms with E-state index in [1.165, 1.54) is 16.5 Å².